The summed E-state index contributed by atoms with van der Waals surface area (Å²) in [6, 6.07) is 3.98. The van der Waals surface area contributed by atoms with Crippen molar-refractivity contribution >= 4 is 17.5 Å². The van der Waals surface area contributed by atoms with Crippen LogP contribution >= 0.6 is 11.6 Å². The number of carbonyl (C=O) groups is 1. The summed E-state index contributed by atoms with van der Waals surface area (Å²) in [5, 5.41) is 12.8. The number of ether oxygens (including phenoxy) is 1. The second-order valence-electron chi connectivity index (χ2n) is 6.44. The van der Waals surface area contributed by atoms with Gasteiger partial charge in [-0.25, -0.2) is 4.39 Å². The Bertz CT molecular complexity index is 595. The average Bonchev–Trinajstić information content (AvgIpc) is 3.00. The molecule has 1 aromatic rings. The Kier molecular flexibility index (Phi) is 5.71. The number of likely N-dealkylation sites (tertiary alicyclic amines) is 1. The third-order valence-electron chi connectivity index (χ3n) is 4.90. The summed E-state index contributed by atoms with van der Waals surface area (Å²) < 4.78 is 18.8. The van der Waals surface area contributed by atoms with E-state index in [1.807, 2.05) is 0 Å². The molecule has 2 aliphatic rings. The monoisotopic (exact) mass is 356 g/mol. The van der Waals surface area contributed by atoms with E-state index >= 15 is 0 Å². The maximum Gasteiger partial charge on any atom is 0.253 e. The van der Waals surface area contributed by atoms with Crippen LogP contribution in [0.5, 0.6) is 0 Å². The number of benzene rings is 1. The highest BCUT2D eigenvalue weighted by molar-refractivity contribution is 6.33. The molecule has 132 valence electrons. The zero-order valence-corrected chi connectivity index (χ0v) is 14.1. The molecule has 3 rings (SSSR count). The van der Waals surface area contributed by atoms with E-state index in [4.69, 9.17) is 16.3 Å². The van der Waals surface area contributed by atoms with Crippen LogP contribution in [0, 0.1) is 11.7 Å². The predicted molar refractivity (Wildman–Crippen MR) is 88.7 cm³/mol. The Morgan fingerprint density at radius 3 is 2.83 bits per heavy atom. The maximum atomic E-state index is 13.4. The molecule has 0 aliphatic carbocycles. The van der Waals surface area contributed by atoms with Gasteiger partial charge in [-0.15, -0.1) is 0 Å². The minimum atomic E-state index is -0.501. The van der Waals surface area contributed by atoms with Crippen molar-refractivity contribution in [3.63, 3.8) is 0 Å². The first-order chi connectivity index (χ1) is 11.6. The van der Waals surface area contributed by atoms with Crippen LogP contribution in [0.15, 0.2) is 18.2 Å². The zero-order chi connectivity index (χ0) is 17.1. The Labute approximate surface area is 145 Å². The summed E-state index contributed by atoms with van der Waals surface area (Å²) in [4.78, 5) is 14.7. The fourth-order valence-corrected chi connectivity index (χ4v) is 3.72. The number of nitrogens with one attached hydrogen (secondary N) is 1. The Morgan fingerprint density at radius 1 is 1.38 bits per heavy atom. The average molecular weight is 357 g/mol. The third-order valence-corrected chi connectivity index (χ3v) is 5.23. The van der Waals surface area contributed by atoms with Gasteiger partial charge in [0.05, 0.1) is 10.6 Å². The number of halogens is 2. The molecule has 0 aromatic heterocycles. The standard InChI is InChI=1S/C17H22ClFN2O3/c18-15-2-1-12(19)7-14(15)17(23)20-16-9-21(8-11(16)10-22)13-3-5-24-6-4-13/h1-2,7,11,13,16,22H,3-6,8-10H2,(H,20,23)/t11-,16+/m0/s1. The quantitative estimate of drug-likeness (QED) is 0.861. The van der Waals surface area contributed by atoms with E-state index in [2.05, 4.69) is 10.2 Å². The minimum Gasteiger partial charge on any atom is -0.396 e. The van der Waals surface area contributed by atoms with Crippen molar-refractivity contribution in [3.05, 3.63) is 34.6 Å². The summed E-state index contributed by atoms with van der Waals surface area (Å²) in [5.41, 5.74) is 0.123. The number of hydrogen-bond acceptors (Lipinski definition) is 4. The van der Waals surface area contributed by atoms with Crippen LogP contribution < -0.4 is 5.32 Å². The molecule has 2 fully saturated rings. The molecule has 24 heavy (non-hydrogen) atoms. The van der Waals surface area contributed by atoms with Crippen LogP contribution in [-0.2, 0) is 4.74 Å². The summed E-state index contributed by atoms with van der Waals surface area (Å²) in [5.74, 6) is -0.945. The van der Waals surface area contributed by atoms with Gasteiger partial charge in [-0.3, -0.25) is 9.69 Å². The van der Waals surface area contributed by atoms with E-state index in [1.165, 1.54) is 12.1 Å². The van der Waals surface area contributed by atoms with Gasteiger partial charge < -0.3 is 15.2 Å². The van der Waals surface area contributed by atoms with Gasteiger partial charge in [-0.1, -0.05) is 11.6 Å². The van der Waals surface area contributed by atoms with Gasteiger partial charge in [0.25, 0.3) is 5.91 Å². The first-order valence-electron chi connectivity index (χ1n) is 8.27. The molecule has 0 saturated carbocycles. The van der Waals surface area contributed by atoms with Gasteiger partial charge in [0, 0.05) is 50.9 Å². The van der Waals surface area contributed by atoms with Crippen LogP contribution in [0.1, 0.15) is 23.2 Å². The molecule has 2 heterocycles. The second kappa shape index (κ2) is 7.78. The SMILES string of the molecule is O=C(N[C@@H]1CN(C2CCOCC2)C[C@H]1CO)c1cc(F)ccc1Cl. The number of rotatable bonds is 4. The number of nitrogens with zero attached hydrogens (tertiary/aromatic N) is 1. The normalized spacial score (nSPS) is 25.8. The first kappa shape index (κ1) is 17.6. The molecule has 1 aromatic carbocycles. The van der Waals surface area contributed by atoms with Crippen LogP contribution in [0.25, 0.3) is 0 Å². The van der Waals surface area contributed by atoms with Gasteiger partial charge in [0.1, 0.15) is 5.82 Å². The number of carbonyl (C=O) groups excluding carboxylic acids is 1. The van der Waals surface area contributed by atoms with Crippen LogP contribution in [0.3, 0.4) is 0 Å². The van der Waals surface area contributed by atoms with E-state index in [9.17, 15) is 14.3 Å². The van der Waals surface area contributed by atoms with Gasteiger partial charge in [0.15, 0.2) is 0 Å². The molecular formula is C17H22ClFN2O3. The maximum absolute atomic E-state index is 13.4. The van der Waals surface area contributed by atoms with Crippen molar-refractivity contribution in [2.45, 2.75) is 24.9 Å². The van der Waals surface area contributed by atoms with Crippen molar-refractivity contribution in [3.8, 4) is 0 Å². The minimum absolute atomic E-state index is 0.00154. The van der Waals surface area contributed by atoms with Crippen molar-refractivity contribution in [1.82, 2.24) is 10.2 Å². The van der Waals surface area contributed by atoms with E-state index < -0.39 is 11.7 Å². The van der Waals surface area contributed by atoms with Gasteiger partial charge in [-0.05, 0) is 31.0 Å². The Balaban J connectivity index is 1.66. The lowest BCUT2D eigenvalue weighted by Gasteiger charge is -2.31. The molecule has 2 atom stereocenters. The largest absolute Gasteiger partial charge is 0.396 e. The Morgan fingerprint density at radius 2 is 2.12 bits per heavy atom. The molecular weight excluding hydrogens is 335 g/mol. The summed E-state index contributed by atoms with van der Waals surface area (Å²) in [7, 11) is 0. The van der Waals surface area contributed by atoms with Crippen molar-refractivity contribution in [2.24, 2.45) is 5.92 Å². The molecule has 2 N–H and O–H groups in total. The van der Waals surface area contributed by atoms with E-state index in [0.29, 0.717) is 12.6 Å². The number of aliphatic hydroxyl groups excluding tert-OH is 1. The lowest BCUT2D eigenvalue weighted by molar-refractivity contribution is 0.0399. The molecule has 0 bridgehead atoms. The summed E-state index contributed by atoms with van der Waals surface area (Å²) in [6.45, 7) is 2.92. The van der Waals surface area contributed by atoms with Crippen molar-refractivity contribution in [1.29, 1.82) is 0 Å². The molecule has 2 aliphatic heterocycles. The van der Waals surface area contributed by atoms with Crippen LogP contribution in [0.4, 0.5) is 4.39 Å². The van der Waals surface area contributed by atoms with Crippen molar-refractivity contribution < 1.29 is 19.0 Å². The fraction of sp³-hybridized carbons (Fsp3) is 0.588. The summed E-state index contributed by atoms with van der Waals surface area (Å²) in [6.07, 6.45) is 1.93. The number of hydrogen-bond donors (Lipinski definition) is 2. The number of amides is 1. The Hall–Kier alpha value is -1.21. The lowest BCUT2D eigenvalue weighted by atomic mass is 10.0. The highest BCUT2D eigenvalue weighted by Crippen LogP contribution is 2.25. The van der Waals surface area contributed by atoms with Gasteiger partial charge >= 0.3 is 0 Å². The molecule has 1 amide bonds. The van der Waals surface area contributed by atoms with Gasteiger partial charge in [0.2, 0.25) is 0 Å². The first-order valence-corrected chi connectivity index (χ1v) is 8.65. The molecule has 2 saturated heterocycles. The highest BCUT2D eigenvalue weighted by atomic mass is 35.5. The third kappa shape index (κ3) is 3.88. The zero-order valence-electron chi connectivity index (χ0n) is 13.4. The molecule has 5 nitrogen and oxygen atoms in total. The molecule has 0 spiro atoms. The van der Waals surface area contributed by atoms with Crippen LogP contribution in [-0.4, -0.2) is 60.9 Å². The van der Waals surface area contributed by atoms with E-state index in [0.717, 1.165) is 38.7 Å². The molecule has 0 unspecified atom stereocenters. The van der Waals surface area contributed by atoms with E-state index in [1.54, 1.807) is 0 Å². The van der Waals surface area contributed by atoms with Crippen molar-refractivity contribution in [2.75, 3.05) is 32.9 Å². The topological polar surface area (TPSA) is 61.8 Å². The van der Waals surface area contributed by atoms with Gasteiger partial charge in [-0.2, -0.15) is 0 Å². The molecule has 0 radical (unpaired) electrons. The number of aliphatic hydroxyl groups is 1. The fourth-order valence-electron chi connectivity index (χ4n) is 3.52. The van der Waals surface area contributed by atoms with Crippen LogP contribution in [0.2, 0.25) is 5.02 Å². The smallest absolute Gasteiger partial charge is 0.253 e. The highest BCUT2D eigenvalue weighted by Gasteiger charge is 2.37. The lowest BCUT2D eigenvalue weighted by Crippen LogP contribution is -2.43. The molecule has 7 heteroatoms. The van der Waals surface area contributed by atoms with E-state index in [-0.39, 0.29) is 29.2 Å². The second-order valence-corrected chi connectivity index (χ2v) is 6.85. The summed E-state index contributed by atoms with van der Waals surface area (Å²) >= 11 is 6.00. The predicted octanol–water partition coefficient (Wildman–Crippen LogP) is 1.68.